The second-order valence-electron chi connectivity index (χ2n) is 4.41. The maximum absolute atomic E-state index is 13.1. The predicted octanol–water partition coefficient (Wildman–Crippen LogP) is 4.36. The van der Waals surface area contributed by atoms with Crippen LogP contribution in [0, 0.1) is 5.82 Å². The standard InChI is InChI=1S/C15H13F4NO/c1-20-9-10-2-7-14(13(8-10)15(17,18)19)21-12-5-3-11(16)4-6-12/h2-8,20H,9H2,1H3. The summed E-state index contributed by atoms with van der Waals surface area (Å²) in [5, 5.41) is 2.79. The maximum Gasteiger partial charge on any atom is 0.419 e. The summed E-state index contributed by atoms with van der Waals surface area (Å²) in [6.07, 6.45) is -4.53. The van der Waals surface area contributed by atoms with Gasteiger partial charge in [-0.15, -0.1) is 0 Å². The minimum atomic E-state index is -4.53. The molecule has 2 aromatic rings. The molecular weight excluding hydrogens is 286 g/mol. The monoisotopic (exact) mass is 299 g/mol. The molecule has 2 aromatic carbocycles. The van der Waals surface area contributed by atoms with Crippen molar-refractivity contribution < 1.29 is 22.3 Å². The van der Waals surface area contributed by atoms with Crippen molar-refractivity contribution in [3.63, 3.8) is 0 Å². The third-order valence-electron chi connectivity index (χ3n) is 2.77. The molecule has 0 unspecified atom stereocenters. The second kappa shape index (κ2) is 6.13. The molecule has 0 saturated carbocycles. The molecule has 0 heterocycles. The summed E-state index contributed by atoms with van der Waals surface area (Å²) >= 11 is 0. The van der Waals surface area contributed by atoms with E-state index in [2.05, 4.69) is 5.32 Å². The van der Waals surface area contributed by atoms with Gasteiger partial charge in [0.25, 0.3) is 0 Å². The normalized spacial score (nSPS) is 11.5. The molecular formula is C15H13F4NO. The fraction of sp³-hybridized carbons (Fsp3) is 0.200. The van der Waals surface area contributed by atoms with E-state index in [1.165, 1.54) is 18.2 Å². The SMILES string of the molecule is CNCc1ccc(Oc2ccc(F)cc2)c(C(F)(F)F)c1. The Bertz CT molecular complexity index is 608. The van der Waals surface area contributed by atoms with Gasteiger partial charge in [-0.2, -0.15) is 13.2 Å². The maximum atomic E-state index is 13.1. The molecule has 0 atom stereocenters. The van der Waals surface area contributed by atoms with Crippen molar-refractivity contribution >= 4 is 0 Å². The van der Waals surface area contributed by atoms with Gasteiger partial charge in [-0.25, -0.2) is 4.39 Å². The molecule has 0 aromatic heterocycles. The average molecular weight is 299 g/mol. The molecule has 112 valence electrons. The lowest BCUT2D eigenvalue weighted by Gasteiger charge is -2.15. The molecule has 2 rings (SSSR count). The summed E-state index contributed by atoms with van der Waals surface area (Å²) in [6, 6.07) is 8.64. The average Bonchev–Trinajstić information content (AvgIpc) is 2.42. The zero-order valence-electron chi connectivity index (χ0n) is 11.2. The Labute approximate surface area is 119 Å². The van der Waals surface area contributed by atoms with Crippen LogP contribution in [0.2, 0.25) is 0 Å². The number of halogens is 4. The van der Waals surface area contributed by atoms with Crippen molar-refractivity contribution in [3.05, 3.63) is 59.4 Å². The number of ether oxygens (including phenoxy) is 1. The van der Waals surface area contributed by atoms with E-state index >= 15 is 0 Å². The highest BCUT2D eigenvalue weighted by molar-refractivity contribution is 5.42. The third-order valence-corrected chi connectivity index (χ3v) is 2.77. The highest BCUT2D eigenvalue weighted by atomic mass is 19.4. The Balaban J connectivity index is 2.35. The van der Waals surface area contributed by atoms with E-state index in [1.807, 2.05) is 0 Å². The topological polar surface area (TPSA) is 21.3 Å². The molecule has 0 aliphatic heterocycles. The van der Waals surface area contributed by atoms with Gasteiger partial charge in [-0.05, 0) is 49.0 Å². The fourth-order valence-electron chi connectivity index (χ4n) is 1.83. The Kier molecular flexibility index (Phi) is 4.47. The first-order valence-electron chi connectivity index (χ1n) is 6.18. The number of hydrogen-bond donors (Lipinski definition) is 1. The van der Waals surface area contributed by atoms with Crippen molar-refractivity contribution in [3.8, 4) is 11.5 Å². The van der Waals surface area contributed by atoms with E-state index in [1.54, 1.807) is 13.1 Å². The molecule has 21 heavy (non-hydrogen) atoms. The first-order valence-corrected chi connectivity index (χ1v) is 6.18. The number of alkyl halides is 3. The molecule has 0 aliphatic rings. The zero-order chi connectivity index (χ0) is 15.5. The van der Waals surface area contributed by atoms with E-state index in [9.17, 15) is 17.6 Å². The summed E-state index contributed by atoms with van der Waals surface area (Å²) in [6.45, 7) is 0.319. The van der Waals surface area contributed by atoms with Crippen LogP contribution in [-0.2, 0) is 12.7 Å². The van der Waals surface area contributed by atoms with Crippen LogP contribution in [0.4, 0.5) is 17.6 Å². The van der Waals surface area contributed by atoms with Crippen molar-refractivity contribution in [1.29, 1.82) is 0 Å². The summed E-state index contributed by atoms with van der Waals surface area (Å²) in [4.78, 5) is 0. The smallest absolute Gasteiger partial charge is 0.419 e. The van der Waals surface area contributed by atoms with E-state index < -0.39 is 17.6 Å². The lowest BCUT2D eigenvalue weighted by Crippen LogP contribution is -2.10. The fourth-order valence-corrected chi connectivity index (χ4v) is 1.83. The number of benzene rings is 2. The van der Waals surface area contributed by atoms with E-state index in [0.29, 0.717) is 12.1 Å². The lowest BCUT2D eigenvalue weighted by atomic mass is 10.1. The van der Waals surface area contributed by atoms with Crippen LogP contribution in [0.1, 0.15) is 11.1 Å². The van der Waals surface area contributed by atoms with Gasteiger partial charge in [-0.1, -0.05) is 6.07 Å². The molecule has 0 amide bonds. The first kappa shape index (κ1) is 15.3. The van der Waals surface area contributed by atoms with Crippen LogP contribution in [0.3, 0.4) is 0 Å². The third kappa shape index (κ3) is 3.95. The summed E-state index contributed by atoms with van der Waals surface area (Å²) < 4.78 is 57.2. The van der Waals surface area contributed by atoms with Gasteiger partial charge in [-0.3, -0.25) is 0 Å². The molecule has 6 heteroatoms. The Morgan fingerprint density at radius 1 is 1.05 bits per heavy atom. The molecule has 0 aliphatic carbocycles. The van der Waals surface area contributed by atoms with Crippen molar-refractivity contribution in [2.45, 2.75) is 12.7 Å². The van der Waals surface area contributed by atoms with Gasteiger partial charge < -0.3 is 10.1 Å². The molecule has 0 bridgehead atoms. The number of nitrogens with one attached hydrogen (secondary N) is 1. The van der Waals surface area contributed by atoms with Crippen molar-refractivity contribution in [2.75, 3.05) is 7.05 Å². The van der Waals surface area contributed by atoms with Crippen molar-refractivity contribution in [2.24, 2.45) is 0 Å². The minimum absolute atomic E-state index is 0.142. The molecule has 0 saturated heterocycles. The van der Waals surface area contributed by atoms with Crippen molar-refractivity contribution in [1.82, 2.24) is 5.32 Å². The van der Waals surface area contributed by atoms with Crippen LogP contribution >= 0.6 is 0 Å². The molecule has 2 nitrogen and oxygen atoms in total. The largest absolute Gasteiger partial charge is 0.457 e. The van der Waals surface area contributed by atoms with E-state index in [0.717, 1.165) is 18.2 Å². The highest BCUT2D eigenvalue weighted by Crippen LogP contribution is 2.38. The van der Waals surface area contributed by atoms with Gasteiger partial charge in [0.2, 0.25) is 0 Å². The van der Waals surface area contributed by atoms with Gasteiger partial charge >= 0.3 is 6.18 Å². The van der Waals surface area contributed by atoms with Crippen LogP contribution in [0.15, 0.2) is 42.5 Å². The van der Waals surface area contributed by atoms with Gasteiger partial charge in [0.05, 0.1) is 5.56 Å². The Hall–Kier alpha value is -2.08. The number of hydrogen-bond acceptors (Lipinski definition) is 2. The first-order chi connectivity index (χ1) is 9.90. The molecule has 1 N–H and O–H groups in total. The quantitative estimate of drug-likeness (QED) is 0.847. The van der Waals surface area contributed by atoms with Crippen LogP contribution < -0.4 is 10.1 Å². The predicted molar refractivity (Wildman–Crippen MR) is 70.7 cm³/mol. The molecule has 0 radical (unpaired) electrons. The van der Waals surface area contributed by atoms with E-state index in [-0.39, 0.29) is 11.5 Å². The van der Waals surface area contributed by atoms with Gasteiger partial charge in [0, 0.05) is 6.54 Å². The van der Waals surface area contributed by atoms with Crippen LogP contribution in [-0.4, -0.2) is 7.05 Å². The summed E-state index contributed by atoms with van der Waals surface area (Å²) in [5.74, 6) is -0.653. The Morgan fingerprint density at radius 2 is 1.71 bits per heavy atom. The zero-order valence-corrected chi connectivity index (χ0v) is 11.2. The highest BCUT2D eigenvalue weighted by Gasteiger charge is 2.34. The van der Waals surface area contributed by atoms with Gasteiger partial charge in [0.15, 0.2) is 0 Å². The number of rotatable bonds is 4. The Morgan fingerprint density at radius 3 is 2.29 bits per heavy atom. The summed E-state index contributed by atoms with van der Waals surface area (Å²) in [7, 11) is 1.65. The van der Waals surface area contributed by atoms with Crippen LogP contribution in [0.25, 0.3) is 0 Å². The van der Waals surface area contributed by atoms with Gasteiger partial charge in [0.1, 0.15) is 17.3 Å². The van der Waals surface area contributed by atoms with E-state index in [4.69, 9.17) is 4.74 Å². The minimum Gasteiger partial charge on any atom is -0.457 e. The second-order valence-corrected chi connectivity index (χ2v) is 4.41. The molecule has 0 fully saturated rings. The lowest BCUT2D eigenvalue weighted by molar-refractivity contribution is -0.138. The molecule has 0 spiro atoms. The summed E-state index contributed by atoms with van der Waals surface area (Å²) in [5.41, 5.74) is -0.365. The van der Waals surface area contributed by atoms with Crippen LogP contribution in [0.5, 0.6) is 11.5 Å².